The Labute approximate surface area is 258 Å². The maximum absolute atomic E-state index is 12.0. The third-order valence-corrected chi connectivity index (χ3v) is 10.3. The summed E-state index contributed by atoms with van der Waals surface area (Å²) in [5.41, 5.74) is 6.17. The van der Waals surface area contributed by atoms with Crippen LogP contribution in [0.15, 0.2) is 54.6 Å². The Morgan fingerprint density at radius 1 is 1.07 bits per heavy atom. The average molecular weight is 617 g/mol. The number of hydrogen-bond donors (Lipinski definition) is 3. The molecule has 9 nitrogen and oxygen atoms in total. The molecule has 0 bridgehead atoms. The lowest BCUT2D eigenvalue weighted by Gasteiger charge is -2.22. The van der Waals surface area contributed by atoms with Crippen LogP contribution in [0.2, 0.25) is 0 Å². The molecule has 3 atom stereocenters. The van der Waals surface area contributed by atoms with Crippen molar-refractivity contribution in [1.29, 1.82) is 0 Å². The molecule has 0 spiro atoms. The molecule has 0 aromatic heterocycles. The van der Waals surface area contributed by atoms with Crippen molar-refractivity contribution in [2.24, 2.45) is 17.6 Å². The normalized spacial score (nSPS) is 21.8. The number of primary amides is 1. The third kappa shape index (κ3) is 12.2. The van der Waals surface area contributed by atoms with E-state index < -0.39 is 26.7 Å². The van der Waals surface area contributed by atoms with E-state index in [9.17, 15) is 22.8 Å². The first-order chi connectivity index (χ1) is 20.5. The van der Waals surface area contributed by atoms with Crippen LogP contribution in [0.3, 0.4) is 0 Å². The molecule has 1 aromatic rings. The SMILES string of the molecule is C/C=C\C.CCCCCC/C=C\C1CC1C(=O)NS(=O)(=O)C1(C)CC1.NC(=O)C1CCCN1C(=O)CNc1ccccc1. The predicted octanol–water partition coefficient (Wildman–Crippen LogP) is 5.30. The Morgan fingerprint density at radius 3 is 2.33 bits per heavy atom. The standard InChI is InChI=1S/C16H27NO3S.C13H17N3O2.C4H8/c1-3-4-5-6-7-8-9-13-12-14(13)15(18)17-21(19,20)16(2)10-11-16;14-13(18)11-7-4-8-16(11)12(17)9-15-10-5-2-1-3-6-10;1-3-4-2/h8-9,13-14H,3-7,10-12H2,1-2H3,(H,17,18);1-3,5-6,11,15H,4,7-9H2,(H2,14,18);3-4H,1-2H3/b9-8-;;4-3-. The van der Waals surface area contributed by atoms with Gasteiger partial charge in [-0.3, -0.25) is 19.1 Å². The zero-order valence-corrected chi connectivity index (χ0v) is 27.2. The molecule has 1 heterocycles. The van der Waals surface area contributed by atoms with Gasteiger partial charge in [0.25, 0.3) is 0 Å². The molecule has 43 heavy (non-hydrogen) atoms. The smallest absolute Gasteiger partial charge is 0.242 e. The summed E-state index contributed by atoms with van der Waals surface area (Å²) >= 11 is 0. The van der Waals surface area contributed by atoms with Crippen molar-refractivity contribution in [1.82, 2.24) is 9.62 Å². The van der Waals surface area contributed by atoms with Crippen molar-refractivity contribution in [2.75, 3.05) is 18.4 Å². The number of carbonyl (C=O) groups excluding carboxylic acids is 3. The van der Waals surface area contributed by atoms with Crippen LogP contribution in [0.5, 0.6) is 0 Å². The fraction of sp³-hybridized carbons (Fsp3) is 0.606. The van der Waals surface area contributed by atoms with Crippen LogP contribution in [-0.2, 0) is 24.4 Å². The fourth-order valence-corrected chi connectivity index (χ4v) is 5.96. The summed E-state index contributed by atoms with van der Waals surface area (Å²) in [6.45, 7) is 8.69. The summed E-state index contributed by atoms with van der Waals surface area (Å²) in [7, 11) is -3.47. The van der Waals surface area contributed by atoms with Crippen molar-refractivity contribution in [3.63, 3.8) is 0 Å². The first-order valence-electron chi connectivity index (χ1n) is 15.7. The highest BCUT2D eigenvalue weighted by molar-refractivity contribution is 7.91. The Bertz CT molecular complexity index is 1190. The summed E-state index contributed by atoms with van der Waals surface area (Å²) in [6.07, 6.45) is 17.9. The molecular weight excluding hydrogens is 564 g/mol. The zero-order valence-electron chi connectivity index (χ0n) is 26.4. The highest BCUT2D eigenvalue weighted by Crippen LogP contribution is 2.44. The van der Waals surface area contributed by atoms with Crippen LogP contribution in [-0.4, -0.2) is 54.9 Å². The predicted molar refractivity (Wildman–Crippen MR) is 174 cm³/mol. The fourth-order valence-electron chi connectivity index (χ4n) is 4.66. The van der Waals surface area contributed by atoms with Gasteiger partial charge in [-0.1, -0.05) is 68.7 Å². The second kappa shape index (κ2) is 17.9. The first kappa shape index (κ1) is 36.1. The molecule has 3 unspecified atom stereocenters. The number of allylic oxidation sites excluding steroid dienone is 4. The summed E-state index contributed by atoms with van der Waals surface area (Å²) in [5, 5.41) is 3.04. The van der Waals surface area contributed by atoms with E-state index in [4.69, 9.17) is 5.73 Å². The lowest BCUT2D eigenvalue weighted by atomic mass is 10.1. The number of anilines is 1. The summed E-state index contributed by atoms with van der Waals surface area (Å²) in [4.78, 5) is 36.7. The van der Waals surface area contributed by atoms with Crippen LogP contribution < -0.4 is 15.8 Å². The number of nitrogens with zero attached hydrogens (tertiary/aromatic N) is 1. The number of rotatable bonds is 13. The number of benzene rings is 1. The van der Waals surface area contributed by atoms with E-state index in [1.807, 2.05) is 56.3 Å². The van der Waals surface area contributed by atoms with Crippen LogP contribution in [0.25, 0.3) is 0 Å². The lowest BCUT2D eigenvalue weighted by molar-refractivity contribution is -0.135. The highest BCUT2D eigenvalue weighted by atomic mass is 32.2. The van der Waals surface area contributed by atoms with E-state index in [2.05, 4.69) is 29.1 Å². The maximum atomic E-state index is 12.0. The van der Waals surface area contributed by atoms with E-state index in [-0.39, 0.29) is 30.2 Å². The van der Waals surface area contributed by atoms with Crippen LogP contribution in [0, 0.1) is 11.8 Å². The van der Waals surface area contributed by atoms with Crippen molar-refractivity contribution in [2.45, 2.75) is 103 Å². The molecule has 3 fully saturated rings. The number of nitrogens with one attached hydrogen (secondary N) is 2. The Hall–Kier alpha value is -3.14. The molecule has 2 saturated carbocycles. The zero-order chi connectivity index (χ0) is 31.9. The molecule has 10 heteroatoms. The number of hydrogen-bond acceptors (Lipinski definition) is 6. The lowest BCUT2D eigenvalue weighted by Crippen LogP contribution is -2.45. The van der Waals surface area contributed by atoms with E-state index in [0.29, 0.717) is 25.8 Å². The monoisotopic (exact) mass is 616 g/mol. The van der Waals surface area contributed by atoms with Gasteiger partial charge in [-0.2, -0.15) is 0 Å². The number of unbranched alkanes of at least 4 members (excludes halogenated alkanes) is 4. The average Bonchev–Trinajstić information content (AvgIpc) is 3.89. The van der Waals surface area contributed by atoms with Gasteiger partial charge in [-0.25, -0.2) is 8.42 Å². The van der Waals surface area contributed by atoms with Gasteiger partial charge >= 0.3 is 0 Å². The molecule has 4 N–H and O–H groups in total. The Morgan fingerprint density at radius 2 is 1.74 bits per heavy atom. The quantitative estimate of drug-likeness (QED) is 0.203. The van der Waals surface area contributed by atoms with Gasteiger partial charge in [-0.15, -0.1) is 0 Å². The summed E-state index contributed by atoms with van der Waals surface area (Å²) in [5.74, 6) is -0.725. The van der Waals surface area contributed by atoms with Crippen LogP contribution >= 0.6 is 0 Å². The maximum Gasteiger partial charge on any atom is 0.242 e. The highest BCUT2D eigenvalue weighted by Gasteiger charge is 2.52. The Balaban J connectivity index is 0.000000269. The van der Waals surface area contributed by atoms with E-state index in [1.165, 1.54) is 25.7 Å². The largest absolute Gasteiger partial charge is 0.376 e. The molecule has 1 aromatic carbocycles. The number of sulfonamides is 1. The number of amides is 3. The van der Waals surface area contributed by atoms with E-state index in [0.717, 1.165) is 24.9 Å². The van der Waals surface area contributed by atoms with E-state index >= 15 is 0 Å². The summed E-state index contributed by atoms with van der Waals surface area (Å²) < 4.78 is 25.5. The number of carbonyl (C=O) groups is 3. The molecule has 0 radical (unpaired) electrons. The number of nitrogens with two attached hydrogens (primary N) is 1. The van der Waals surface area contributed by atoms with Gasteiger partial charge in [0, 0.05) is 18.2 Å². The Kier molecular flexibility index (Phi) is 15.0. The second-order valence-electron chi connectivity index (χ2n) is 11.7. The minimum absolute atomic E-state index is 0.0832. The van der Waals surface area contributed by atoms with Crippen molar-refractivity contribution < 1.29 is 22.8 Å². The van der Waals surface area contributed by atoms with Gasteiger partial charge in [0.15, 0.2) is 0 Å². The summed E-state index contributed by atoms with van der Waals surface area (Å²) in [6, 6.07) is 9.06. The number of para-hydroxylation sites is 1. The molecule has 240 valence electrons. The van der Waals surface area contributed by atoms with Gasteiger partial charge in [0.1, 0.15) is 6.04 Å². The molecule has 1 saturated heterocycles. The van der Waals surface area contributed by atoms with Gasteiger partial charge in [0.05, 0.1) is 11.3 Å². The van der Waals surface area contributed by atoms with Crippen molar-refractivity contribution in [3.05, 3.63) is 54.6 Å². The number of likely N-dealkylation sites (tertiary alicyclic amines) is 1. The van der Waals surface area contributed by atoms with E-state index in [1.54, 1.807) is 11.8 Å². The minimum atomic E-state index is -3.47. The van der Waals surface area contributed by atoms with Crippen molar-refractivity contribution in [3.8, 4) is 0 Å². The molecule has 1 aliphatic heterocycles. The molecule has 3 amide bonds. The molecular formula is C33H52N4O5S. The minimum Gasteiger partial charge on any atom is -0.376 e. The van der Waals surface area contributed by atoms with Crippen LogP contribution in [0.4, 0.5) is 5.69 Å². The van der Waals surface area contributed by atoms with Crippen LogP contribution in [0.1, 0.15) is 91.9 Å². The topological polar surface area (TPSA) is 139 Å². The third-order valence-electron chi connectivity index (χ3n) is 8.07. The molecule has 3 aliphatic rings. The van der Waals surface area contributed by atoms with Gasteiger partial charge in [0.2, 0.25) is 27.7 Å². The van der Waals surface area contributed by atoms with Gasteiger partial charge in [-0.05, 0) is 83.8 Å². The first-order valence-corrected chi connectivity index (χ1v) is 17.2. The van der Waals surface area contributed by atoms with Crippen molar-refractivity contribution >= 4 is 33.4 Å². The van der Waals surface area contributed by atoms with Gasteiger partial charge < -0.3 is 16.0 Å². The molecule has 4 rings (SSSR count). The molecule has 2 aliphatic carbocycles. The second-order valence-corrected chi connectivity index (χ2v) is 13.9.